The van der Waals surface area contributed by atoms with Crippen LogP contribution in [0.25, 0.3) is 0 Å². The minimum atomic E-state index is -0.829. The quantitative estimate of drug-likeness (QED) is 0.498. The van der Waals surface area contributed by atoms with Crippen molar-refractivity contribution in [1.29, 1.82) is 0 Å². The lowest BCUT2D eigenvalue weighted by molar-refractivity contribution is -0.165. The summed E-state index contributed by atoms with van der Waals surface area (Å²) in [4.78, 5) is 26.1. The molecule has 7 heteroatoms. The van der Waals surface area contributed by atoms with E-state index in [-0.39, 0.29) is 23.6 Å². The van der Waals surface area contributed by atoms with Crippen LogP contribution in [0.15, 0.2) is 77.3 Å². The molecule has 1 aliphatic heterocycles. The maximum atomic E-state index is 14.1. The highest BCUT2D eigenvalue weighted by atomic mass is 79.9. The first-order valence-corrected chi connectivity index (χ1v) is 10.6. The van der Waals surface area contributed by atoms with E-state index in [1.165, 1.54) is 19.1 Å². The molecule has 5 nitrogen and oxygen atoms in total. The Bertz CT molecular complexity index is 1140. The van der Waals surface area contributed by atoms with Gasteiger partial charge < -0.3 is 15.0 Å². The van der Waals surface area contributed by atoms with Gasteiger partial charge in [0.2, 0.25) is 12.0 Å². The minimum Gasteiger partial charge on any atom is -0.475 e. The molecule has 2 amide bonds. The summed E-state index contributed by atoms with van der Waals surface area (Å²) >= 11 is 3.47. The number of ether oxygens (including phenoxy) is 1. The van der Waals surface area contributed by atoms with Crippen LogP contribution in [0.1, 0.15) is 24.1 Å². The van der Waals surface area contributed by atoms with Gasteiger partial charge in [0.15, 0.2) is 11.6 Å². The Kier molecular flexibility index (Phi) is 6.04. The van der Waals surface area contributed by atoms with Crippen LogP contribution >= 0.6 is 15.9 Å². The van der Waals surface area contributed by atoms with E-state index in [0.29, 0.717) is 12.2 Å². The summed E-state index contributed by atoms with van der Waals surface area (Å²) in [5.74, 6) is -0.849. The molecule has 0 bridgehead atoms. The van der Waals surface area contributed by atoms with Gasteiger partial charge in [-0.2, -0.15) is 0 Å². The number of nitrogens with one attached hydrogen (secondary N) is 1. The van der Waals surface area contributed by atoms with E-state index in [1.807, 2.05) is 42.5 Å². The smallest absolute Gasteiger partial charge is 0.267 e. The summed E-state index contributed by atoms with van der Waals surface area (Å²) in [6.45, 7) is 1.78. The summed E-state index contributed by atoms with van der Waals surface area (Å²) < 4.78 is 20.8. The molecule has 4 rings (SSSR count). The third-order valence-electron chi connectivity index (χ3n) is 5.03. The van der Waals surface area contributed by atoms with Crippen molar-refractivity contribution in [3.05, 3.63) is 94.2 Å². The molecule has 3 aromatic rings. The Labute approximate surface area is 188 Å². The summed E-state index contributed by atoms with van der Waals surface area (Å²) in [6, 6.07) is 20.6. The number of rotatable bonds is 6. The zero-order valence-electron chi connectivity index (χ0n) is 16.7. The lowest BCUT2D eigenvalue weighted by Gasteiger charge is -2.47. The van der Waals surface area contributed by atoms with Crippen LogP contribution in [0.4, 0.5) is 10.1 Å². The van der Waals surface area contributed by atoms with Crippen molar-refractivity contribution in [2.75, 3.05) is 5.32 Å². The van der Waals surface area contributed by atoms with E-state index < -0.39 is 11.9 Å². The van der Waals surface area contributed by atoms with Crippen LogP contribution in [-0.4, -0.2) is 22.8 Å². The Hall–Kier alpha value is -3.19. The van der Waals surface area contributed by atoms with E-state index in [9.17, 15) is 14.0 Å². The van der Waals surface area contributed by atoms with Gasteiger partial charge in [-0.05, 0) is 47.5 Å². The molecule has 0 spiro atoms. The third kappa shape index (κ3) is 4.61. The first-order chi connectivity index (χ1) is 14.9. The number of β-lactam (4-membered cyclic amide) rings is 1. The predicted octanol–water partition coefficient (Wildman–Crippen LogP) is 5.08. The SMILES string of the molecule is CC(=O)Nc1cccc(CN2C(=O)C(Oc3ccccc3F)C2c2cccc(Br)c2)c1. The topological polar surface area (TPSA) is 58.6 Å². The average molecular weight is 483 g/mol. The van der Waals surface area contributed by atoms with Gasteiger partial charge >= 0.3 is 0 Å². The molecule has 0 radical (unpaired) electrons. The molecule has 1 aliphatic rings. The zero-order valence-corrected chi connectivity index (χ0v) is 18.3. The molecule has 158 valence electrons. The number of likely N-dealkylation sites (tertiary alicyclic amines) is 1. The van der Waals surface area contributed by atoms with Crippen molar-refractivity contribution >= 4 is 33.4 Å². The van der Waals surface area contributed by atoms with Crippen LogP contribution in [0, 0.1) is 5.82 Å². The first kappa shape index (κ1) is 21.1. The number of para-hydroxylation sites is 1. The van der Waals surface area contributed by atoms with Crippen molar-refractivity contribution in [3.8, 4) is 5.75 Å². The fourth-order valence-corrected chi connectivity index (χ4v) is 4.09. The number of carbonyl (C=O) groups excluding carboxylic acids is 2. The highest BCUT2D eigenvalue weighted by Crippen LogP contribution is 2.40. The van der Waals surface area contributed by atoms with Crippen LogP contribution in [0.5, 0.6) is 5.75 Å². The molecule has 1 fully saturated rings. The number of hydrogen-bond acceptors (Lipinski definition) is 3. The Morgan fingerprint density at radius 2 is 1.87 bits per heavy atom. The molecule has 2 atom stereocenters. The maximum absolute atomic E-state index is 14.1. The molecule has 1 N–H and O–H groups in total. The highest BCUT2D eigenvalue weighted by Gasteiger charge is 2.50. The van der Waals surface area contributed by atoms with Crippen LogP contribution in [0.2, 0.25) is 0 Å². The third-order valence-corrected chi connectivity index (χ3v) is 5.52. The summed E-state index contributed by atoms with van der Waals surface area (Å²) in [5, 5.41) is 2.75. The van der Waals surface area contributed by atoms with Gasteiger partial charge in [0.25, 0.3) is 5.91 Å². The predicted molar refractivity (Wildman–Crippen MR) is 119 cm³/mol. The summed E-state index contributed by atoms with van der Waals surface area (Å²) in [7, 11) is 0. The van der Waals surface area contributed by atoms with Gasteiger partial charge in [-0.3, -0.25) is 9.59 Å². The number of halogens is 2. The average Bonchev–Trinajstić information content (AvgIpc) is 2.73. The summed E-state index contributed by atoms with van der Waals surface area (Å²) in [6.07, 6.45) is -0.829. The lowest BCUT2D eigenvalue weighted by atomic mass is 9.89. The molecule has 0 aliphatic carbocycles. The molecule has 0 saturated carbocycles. The lowest BCUT2D eigenvalue weighted by Crippen LogP contribution is -2.60. The Morgan fingerprint density at radius 3 is 2.61 bits per heavy atom. The molecule has 1 saturated heterocycles. The zero-order chi connectivity index (χ0) is 22.0. The number of carbonyl (C=O) groups is 2. The van der Waals surface area contributed by atoms with Gasteiger partial charge in [-0.15, -0.1) is 0 Å². The number of benzene rings is 3. The van der Waals surface area contributed by atoms with Gasteiger partial charge in [0.05, 0.1) is 0 Å². The molecule has 2 unspecified atom stereocenters. The molecule has 0 aromatic heterocycles. The minimum absolute atomic E-state index is 0.0492. The second kappa shape index (κ2) is 8.89. The van der Waals surface area contributed by atoms with Crippen LogP contribution in [-0.2, 0) is 16.1 Å². The van der Waals surface area contributed by atoms with E-state index in [2.05, 4.69) is 21.2 Å². The standard InChI is InChI=1S/C24H20BrFN2O3/c1-15(29)27-19-9-4-6-16(12-19)14-28-22(17-7-5-8-18(25)13-17)23(24(28)30)31-21-11-3-2-10-20(21)26/h2-13,22-23H,14H2,1H3,(H,27,29). The Balaban J connectivity index is 1.62. The van der Waals surface area contributed by atoms with Crippen molar-refractivity contribution in [2.45, 2.75) is 25.6 Å². The fraction of sp³-hybridized carbons (Fsp3) is 0.167. The van der Waals surface area contributed by atoms with E-state index in [4.69, 9.17) is 4.74 Å². The maximum Gasteiger partial charge on any atom is 0.267 e. The molecular formula is C24H20BrFN2O3. The number of hydrogen-bond donors (Lipinski definition) is 1. The first-order valence-electron chi connectivity index (χ1n) is 9.76. The number of anilines is 1. The van der Waals surface area contributed by atoms with E-state index in [1.54, 1.807) is 23.1 Å². The molecule has 3 aromatic carbocycles. The van der Waals surface area contributed by atoms with Crippen LogP contribution in [0.3, 0.4) is 0 Å². The van der Waals surface area contributed by atoms with E-state index >= 15 is 0 Å². The second-order valence-corrected chi connectivity index (χ2v) is 8.23. The fourth-order valence-electron chi connectivity index (χ4n) is 3.68. The van der Waals surface area contributed by atoms with E-state index in [0.717, 1.165) is 15.6 Å². The molecule has 31 heavy (non-hydrogen) atoms. The van der Waals surface area contributed by atoms with Gasteiger partial charge in [0, 0.05) is 23.6 Å². The normalized spacial score (nSPS) is 17.8. The van der Waals surface area contributed by atoms with Crippen molar-refractivity contribution in [3.63, 3.8) is 0 Å². The summed E-state index contributed by atoms with van der Waals surface area (Å²) in [5.41, 5.74) is 2.41. The highest BCUT2D eigenvalue weighted by molar-refractivity contribution is 9.10. The van der Waals surface area contributed by atoms with Gasteiger partial charge in [-0.1, -0.05) is 52.3 Å². The van der Waals surface area contributed by atoms with Crippen LogP contribution < -0.4 is 10.1 Å². The largest absolute Gasteiger partial charge is 0.475 e. The van der Waals surface area contributed by atoms with Crippen molar-refractivity contribution in [1.82, 2.24) is 4.90 Å². The number of amides is 2. The van der Waals surface area contributed by atoms with Gasteiger partial charge in [0.1, 0.15) is 6.04 Å². The molecular weight excluding hydrogens is 463 g/mol. The van der Waals surface area contributed by atoms with Gasteiger partial charge in [-0.25, -0.2) is 4.39 Å². The van der Waals surface area contributed by atoms with Crippen molar-refractivity contribution in [2.24, 2.45) is 0 Å². The van der Waals surface area contributed by atoms with Crippen molar-refractivity contribution < 1.29 is 18.7 Å². The second-order valence-electron chi connectivity index (χ2n) is 7.32. The molecule has 1 heterocycles. The Morgan fingerprint density at radius 1 is 1.10 bits per heavy atom. The number of nitrogens with zero attached hydrogens (tertiary/aromatic N) is 1. The monoisotopic (exact) mass is 482 g/mol.